The van der Waals surface area contributed by atoms with Crippen LogP contribution < -0.4 is 15.0 Å². The highest BCUT2D eigenvalue weighted by atomic mass is 16.5. The molecule has 4 nitrogen and oxygen atoms in total. The van der Waals surface area contributed by atoms with E-state index in [0.717, 1.165) is 30.1 Å². The number of piperidine rings is 1. The summed E-state index contributed by atoms with van der Waals surface area (Å²) in [5, 5.41) is 3.01. The number of nitrogens with zero attached hydrogens (tertiary/aromatic N) is 1. The molecule has 0 aliphatic carbocycles. The van der Waals surface area contributed by atoms with E-state index in [4.69, 9.17) is 4.74 Å². The van der Waals surface area contributed by atoms with E-state index in [1.54, 1.807) is 0 Å². The van der Waals surface area contributed by atoms with Crippen LogP contribution >= 0.6 is 0 Å². The van der Waals surface area contributed by atoms with Crippen molar-refractivity contribution in [2.24, 2.45) is 0 Å². The van der Waals surface area contributed by atoms with Gasteiger partial charge in [0.25, 0.3) is 5.91 Å². The molecule has 2 aliphatic rings. The molecule has 4 rings (SSSR count). The molecule has 2 heterocycles. The summed E-state index contributed by atoms with van der Waals surface area (Å²) in [5.74, 6) is 0.922. The van der Waals surface area contributed by atoms with Gasteiger partial charge >= 0.3 is 0 Å². The van der Waals surface area contributed by atoms with E-state index in [1.165, 1.54) is 24.9 Å². The van der Waals surface area contributed by atoms with E-state index in [9.17, 15) is 4.79 Å². The summed E-state index contributed by atoms with van der Waals surface area (Å²) >= 11 is 0. The first-order valence-electron chi connectivity index (χ1n) is 9.59. The number of benzene rings is 2. The number of anilines is 2. The van der Waals surface area contributed by atoms with Crippen LogP contribution in [0.4, 0.5) is 11.4 Å². The van der Waals surface area contributed by atoms with Crippen molar-refractivity contribution in [3.05, 3.63) is 53.6 Å². The van der Waals surface area contributed by atoms with E-state index in [0.29, 0.717) is 11.5 Å². The molecule has 26 heavy (non-hydrogen) atoms. The molecule has 0 saturated carbocycles. The molecule has 0 bridgehead atoms. The van der Waals surface area contributed by atoms with Crippen LogP contribution in [0.1, 0.15) is 54.9 Å². The van der Waals surface area contributed by atoms with Crippen molar-refractivity contribution in [1.82, 2.24) is 0 Å². The summed E-state index contributed by atoms with van der Waals surface area (Å²) in [6.07, 6.45) is 3.94. The van der Waals surface area contributed by atoms with Gasteiger partial charge in [-0.3, -0.25) is 4.79 Å². The number of hydrogen-bond acceptors (Lipinski definition) is 3. The van der Waals surface area contributed by atoms with Gasteiger partial charge < -0.3 is 15.0 Å². The second-order valence-electron chi connectivity index (χ2n) is 7.38. The molecule has 1 fully saturated rings. The van der Waals surface area contributed by atoms with Crippen molar-refractivity contribution in [3.63, 3.8) is 0 Å². The van der Waals surface area contributed by atoms with Crippen LogP contribution in [0.3, 0.4) is 0 Å². The summed E-state index contributed by atoms with van der Waals surface area (Å²) in [5.41, 5.74) is 3.77. The third kappa shape index (κ3) is 3.16. The second-order valence-corrected chi connectivity index (χ2v) is 7.38. The van der Waals surface area contributed by atoms with Crippen molar-refractivity contribution in [1.29, 1.82) is 0 Å². The van der Waals surface area contributed by atoms with Crippen LogP contribution in [0.5, 0.6) is 5.75 Å². The highest BCUT2D eigenvalue weighted by molar-refractivity contribution is 6.06. The van der Waals surface area contributed by atoms with Gasteiger partial charge in [-0.05, 0) is 56.5 Å². The quantitative estimate of drug-likeness (QED) is 0.863. The Morgan fingerprint density at radius 2 is 1.77 bits per heavy atom. The highest BCUT2D eigenvalue weighted by Crippen LogP contribution is 2.40. The maximum Gasteiger partial charge on any atom is 0.259 e. The Hall–Kier alpha value is -2.49. The Kier molecular flexibility index (Phi) is 4.58. The number of carbonyl (C=O) groups excluding carboxylic acids is 1. The number of nitrogens with one attached hydrogen (secondary N) is 1. The predicted molar refractivity (Wildman–Crippen MR) is 105 cm³/mol. The van der Waals surface area contributed by atoms with E-state index >= 15 is 0 Å². The standard InChI is InChI=1S/C22H26N2O2/c1-15-16(2)26-21-19(15)7-6-8-20(21)22(25)23-17-9-11-18(12-10-17)24-13-4-3-5-14-24/h6-12,15-16H,3-5,13-14H2,1-2H3,(H,23,25)/t15-,16-/m1/s1. The Balaban J connectivity index is 1.49. The van der Waals surface area contributed by atoms with Gasteiger partial charge in [0.05, 0.1) is 5.56 Å². The monoisotopic (exact) mass is 350 g/mol. The lowest BCUT2D eigenvalue weighted by Crippen LogP contribution is -2.29. The fourth-order valence-corrected chi connectivity index (χ4v) is 3.87. The van der Waals surface area contributed by atoms with Gasteiger partial charge in [0.15, 0.2) is 0 Å². The molecule has 2 atom stereocenters. The van der Waals surface area contributed by atoms with E-state index in [2.05, 4.69) is 29.3 Å². The van der Waals surface area contributed by atoms with E-state index in [1.807, 2.05) is 37.3 Å². The van der Waals surface area contributed by atoms with Gasteiger partial charge in [-0.1, -0.05) is 19.1 Å². The number of fused-ring (bicyclic) bond motifs is 1. The van der Waals surface area contributed by atoms with Crippen LogP contribution in [0.15, 0.2) is 42.5 Å². The summed E-state index contributed by atoms with van der Waals surface area (Å²) in [7, 11) is 0. The normalized spacial score (nSPS) is 21.8. The lowest BCUT2D eigenvalue weighted by atomic mass is 9.97. The highest BCUT2D eigenvalue weighted by Gasteiger charge is 2.31. The smallest absolute Gasteiger partial charge is 0.259 e. The molecule has 4 heteroatoms. The predicted octanol–water partition coefficient (Wildman–Crippen LogP) is 4.81. The number of carbonyl (C=O) groups is 1. The minimum Gasteiger partial charge on any atom is -0.489 e. The number of para-hydroxylation sites is 1. The van der Waals surface area contributed by atoms with Gasteiger partial charge in [-0.15, -0.1) is 0 Å². The van der Waals surface area contributed by atoms with Crippen molar-refractivity contribution in [2.45, 2.75) is 45.1 Å². The minimum absolute atomic E-state index is 0.0998. The molecule has 0 aromatic heterocycles. The number of ether oxygens (including phenoxy) is 1. The summed E-state index contributed by atoms with van der Waals surface area (Å²) in [4.78, 5) is 15.2. The summed E-state index contributed by atoms with van der Waals surface area (Å²) in [6.45, 7) is 6.42. The fraction of sp³-hybridized carbons (Fsp3) is 0.409. The zero-order valence-corrected chi connectivity index (χ0v) is 15.5. The maximum absolute atomic E-state index is 12.8. The minimum atomic E-state index is -0.117. The van der Waals surface area contributed by atoms with Crippen molar-refractivity contribution in [2.75, 3.05) is 23.3 Å². The molecule has 2 aromatic carbocycles. The zero-order valence-electron chi connectivity index (χ0n) is 15.5. The summed E-state index contributed by atoms with van der Waals surface area (Å²) in [6, 6.07) is 14.0. The first kappa shape index (κ1) is 17.0. The van der Waals surface area contributed by atoms with Crippen molar-refractivity contribution < 1.29 is 9.53 Å². The van der Waals surface area contributed by atoms with Crippen LogP contribution in [-0.4, -0.2) is 25.1 Å². The van der Waals surface area contributed by atoms with Gasteiger partial charge in [-0.25, -0.2) is 0 Å². The molecule has 2 aromatic rings. The fourth-order valence-electron chi connectivity index (χ4n) is 3.87. The lowest BCUT2D eigenvalue weighted by molar-refractivity contribution is 0.102. The van der Waals surface area contributed by atoms with Gasteiger partial charge in [0.1, 0.15) is 11.9 Å². The lowest BCUT2D eigenvalue weighted by Gasteiger charge is -2.28. The maximum atomic E-state index is 12.8. The van der Waals surface area contributed by atoms with Gasteiger partial charge in [0, 0.05) is 35.9 Å². The second kappa shape index (κ2) is 7.02. The van der Waals surface area contributed by atoms with Crippen molar-refractivity contribution >= 4 is 17.3 Å². The number of hydrogen-bond donors (Lipinski definition) is 1. The Labute approximate surface area is 155 Å². The molecule has 136 valence electrons. The Morgan fingerprint density at radius 1 is 1.04 bits per heavy atom. The van der Waals surface area contributed by atoms with Crippen LogP contribution in [0, 0.1) is 0 Å². The zero-order chi connectivity index (χ0) is 18.1. The Morgan fingerprint density at radius 3 is 2.50 bits per heavy atom. The van der Waals surface area contributed by atoms with E-state index < -0.39 is 0 Å². The first-order chi connectivity index (χ1) is 12.6. The molecule has 1 saturated heterocycles. The SMILES string of the molecule is C[C@H]1Oc2c(C(=O)Nc3ccc(N4CCCCC4)cc3)cccc2[C@@H]1C. The molecule has 1 amide bonds. The molecule has 0 radical (unpaired) electrons. The first-order valence-corrected chi connectivity index (χ1v) is 9.59. The Bertz CT molecular complexity index is 794. The third-order valence-corrected chi connectivity index (χ3v) is 5.63. The number of amides is 1. The third-order valence-electron chi connectivity index (χ3n) is 5.63. The number of rotatable bonds is 3. The average Bonchev–Trinajstić information content (AvgIpc) is 2.97. The summed E-state index contributed by atoms with van der Waals surface area (Å²) < 4.78 is 5.94. The van der Waals surface area contributed by atoms with E-state index in [-0.39, 0.29) is 12.0 Å². The van der Waals surface area contributed by atoms with Crippen LogP contribution in [0.2, 0.25) is 0 Å². The topological polar surface area (TPSA) is 41.6 Å². The van der Waals surface area contributed by atoms with Gasteiger partial charge in [-0.2, -0.15) is 0 Å². The van der Waals surface area contributed by atoms with Crippen LogP contribution in [-0.2, 0) is 0 Å². The molecular formula is C22H26N2O2. The largest absolute Gasteiger partial charge is 0.489 e. The van der Waals surface area contributed by atoms with Gasteiger partial charge in [0.2, 0.25) is 0 Å². The molecule has 1 N–H and O–H groups in total. The van der Waals surface area contributed by atoms with Crippen molar-refractivity contribution in [3.8, 4) is 5.75 Å². The van der Waals surface area contributed by atoms with Crippen LogP contribution in [0.25, 0.3) is 0 Å². The average molecular weight is 350 g/mol. The molecular weight excluding hydrogens is 324 g/mol. The molecule has 0 spiro atoms. The molecule has 0 unspecified atom stereocenters. The molecule has 2 aliphatic heterocycles.